The highest BCUT2D eigenvalue weighted by atomic mass is 16.5. The number of nitrogens with zero attached hydrogens (tertiary/aromatic N) is 3. The standard InChI is InChI=1S/C16H25N3O4/c1-7-21-15(20)12-8-17-19(14(12)22-10(2)3)9-13-16(5,6)18-11(4)23-13/h8,10,13H,7,9H2,1-6H3. The predicted octanol–water partition coefficient (Wildman–Crippen LogP) is 2.44. The number of aromatic nitrogens is 2. The smallest absolute Gasteiger partial charge is 0.345 e. The SMILES string of the molecule is CCOC(=O)c1cnn(CC2OC(C)=NC2(C)C)c1OC(C)C. The molecule has 7 heteroatoms. The van der Waals surface area contributed by atoms with Crippen LogP contribution in [0.1, 0.15) is 51.9 Å². The molecule has 0 N–H and O–H groups in total. The van der Waals surface area contributed by atoms with E-state index in [0.29, 0.717) is 30.5 Å². The van der Waals surface area contributed by atoms with Crippen molar-refractivity contribution in [3.05, 3.63) is 11.8 Å². The van der Waals surface area contributed by atoms with E-state index in [-0.39, 0.29) is 17.7 Å². The van der Waals surface area contributed by atoms with Crippen molar-refractivity contribution in [2.45, 2.75) is 65.8 Å². The zero-order valence-corrected chi connectivity index (χ0v) is 14.6. The van der Waals surface area contributed by atoms with Crippen molar-refractivity contribution in [2.75, 3.05) is 6.61 Å². The minimum Gasteiger partial charge on any atom is -0.474 e. The molecule has 23 heavy (non-hydrogen) atoms. The van der Waals surface area contributed by atoms with Gasteiger partial charge in [-0.2, -0.15) is 5.10 Å². The van der Waals surface area contributed by atoms with Crippen molar-refractivity contribution >= 4 is 11.9 Å². The largest absolute Gasteiger partial charge is 0.474 e. The van der Waals surface area contributed by atoms with Crippen LogP contribution in [0.15, 0.2) is 11.2 Å². The maximum atomic E-state index is 12.1. The predicted molar refractivity (Wildman–Crippen MR) is 86.0 cm³/mol. The number of hydrogen-bond acceptors (Lipinski definition) is 6. The molecule has 2 heterocycles. The topological polar surface area (TPSA) is 74.9 Å². The van der Waals surface area contributed by atoms with E-state index in [4.69, 9.17) is 14.2 Å². The van der Waals surface area contributed by atoms with Crippen LogP contribution in [0.5, 0.6) is 5.88 Å². The van der Waals surface area contributed by atoms with E-state index in [1.165, 1.54) is 6.20 Å². The van der Waals surface area contributed by atoms with Gasteiger partial charge in [0.05, 0.1) is 31.0 Å². The van der Waals surface area contributed by atoms with Crippen LogP contribution < -0.4 is 4.74 Å². The normalized spacial score (nSPS) is 19.4. The van der Waals surface area contributed by atoms with Crippen molar-refractivity contribution in [1.82, 2.24) is 9.78 Å². The molecule has 0 bridgehead atoms. The zero-order chi connectivity index (χ0) is 17.2. The molecule has 1 aliphatic heterocycles. The van der Waals surface area contributed by atoms with Crippen LogP contribution in [0.4, 0.5) is 0 Å². The first-order chi connectivity index (χ1) is 10.7. The summed E-state index contributed by atoms with van der Waals surface area (Å²) in [6.07, 6.45) is 1.21. The van der Waals surface area contributed by atoms with Gasteiger partial charge >= 0.3 is 5.97 Å². The molecule has 1 atom stereocenters. The van der Waals surface area contributed by atoms with Crippen molar-refractivity contribution in [2.24, 2.45) is 4.99 Å². The Morgan fingerprint density at radius 3 is 2.70 bits per heavy atom. The monoisotopic (exact) mass is 323 g/mol. The number of esters is 1. The number of ether oxygens (including phenoxy) is 3. The van der Waals surface area contributed by atoms with Gasteiger partial charge in [-0.15, -0.1) is 0 Å². The molecule has 7 nitrogen and oxygen atoms in total. The molecular formula is C16H25N3O4. The van der Waals surface area contributed by atoms with Gasteiger partial charge in [0.1, 0.15) is 11.7 Å². The Morgan fingerprint density at radius 1 is 1.48 bits per heavy atom. The summed E-state index contributed by atoms with van der Waals surface area (Å²) in [6.45, 7) is 12.2. The summed E-state index contributed by atoms with van der Waals surface area (Å²) in [5, 5.41) is 4.29. The third-order valence-electron chi connectivity index (χ3n) is 3.52. The number of carbonyl (C=O) groups is 1. The van der Waals surface area contributed by atoms with Crippen LogP contribution in [0.3, 0.4) is 0 Å². The lowest BCUT2D eigenvalue weighted by molar-refractivity contribution is 0.0517. The maximum Gasteiger partial charge on any atom is 0.345 e. The molecule has 1 aromatic rings. The Bertz CT molecular complexity index is 604. The lowest BCUT2D eigenvalue weighted by Crippen LogP contribution is -2.36. The van der Waals surface area contributed by atoms with Crippen LogP contribution in [0, 0.1) is 0 Å². The Balaban J connectivity index is 2.26. The van der Waals surface area contributed by atoms with Crippen LogP contribution in [-0.2, 0) is 16.0 Å². The summed E-state index contributed by atoms with van der Waals surface area (Å²) in [4.78, 5) is 16.5. The van der Waals surface area contributed by atoms with E-state index in [1.807, 2.05) is 34.6 Å². The van der Waals surface area contributed by atoms with Gasteiger partial charge in [0.15, 0.2) is 5.90 Å². The van der Waals surface area contributed by atoms with Gasteiger partial charge < -0.3 is 14.2 Å². The fraction of sp³-hybridized carbons (Fsp3) is 0.688. The van der Waals surface area contributed by atoms with Crippen LogP contribution in [-0.4, -0.2) is 46.0 Å². The van der Waals surface area contributed by atoms with E-state index in [1.54, 1.807) is 11.6 Å². The Labute approximate surface area is 136 Å². The molecule has 1 aromatic heterocycles. The molecule has 128 valence electrons. The highest BCUT2D eigenvalue weighted by Crippen LogP contribution is 2.29. The highest BCUT2D eigenvalue weighted by Gasteiger charge is 2.38. The number of carbonyl (C=O) groups excluding carboxylic acids is 1. The Morgan fingerprint density at radius 2 is 2.17 bits per heavy atom. The highest BCUT2D eigenvalue weighted by molar-refractivity contribution is 5.91. The summed E-state index contributed by atoms with van der Waals surface area (Å²) >= 11 is 0. The average molecular weight is 323 g/mol. The average Bonchev–Trinajstić information content (AvgIpc) is 2.91. The van der Waals surface area contributed by atoms with Crippen molar-refractivity contribution < 1.29 is 19.0 Å². The van der Waals surface area contributed by atoms with Crippen molar-refractivity contribution in [1.29, 1.82) is 0 Å². The van der Waals surface area contributed by atoms with Gasteiger partial charge in [-0.05, 0) is 34.6 Å². The first-order valence-corrected chi connectivity index (χ1v) is 7.87. The molecule has 0 amide bonds. The Hall–Kier alpha value is -2.05. The molecule has 1 aliphatic rings. The molecule has 0 fully saturated rings. The van der Waals surface area contributed by atoms with Crippen LogP contribution in [0.2, 0.25) is 0 Å². The number of hydrogen-bond donors (Lipinski definition) is 0. The summed E-state index contributed by atoms with van der Waals surface area (Å²) in [7, 11) is 0. The van der Waals surface area contributed by atoms with E-state index in [0.717, 1.165) is 0 Å². The van der Waals surface area contributed by atoms with Crippen molar-refractivity contribution in [3.63, 3.8) is 0 Å². The summed E-state index contributed by atoms with van der Waals surface area (Å²) in [5.74, 6) is 0.625. The molecule has 0 aliphatic carbocycles. The molecule has 0 saturated heterocycles. The van der Waals surface area contributed by atoms with Crippen molar-refractivity contribution in [3.8, 4) is 5.88 Å². The summed E-state index contributed by atoms with van der Waals surface area (Å²) < 4.78 is 18.3. The third-order valence-corrected chi connectivity index (χ3v) is 3.52. The van der Waals surface area contributed by atoms with Gasteiger partial charge in [0.25, 0.3) is 0 Å². The van der Waals surface area contributed by atoms with Gasteiger partial charge in [-0.25, -0.2) is 14.5 Å². The molecule has 0 spiro atoms. The van der Waals surface area contributed by atoms with Gasteiger partial charge in [-0.1, -0.05) is 0 Å². The van der Waals surface area contributed by atoms with Gasteiger partial charge in [0.2, 0.25) is 5.88 Å². The second-order valence-electron chi connectivity index (χ2n) is 6.32. The molecule has 0 saturated carbocycles. The lowest BCUT2D eigenvalue weighted by Gasteiger charge is -2.24. The zero-order valence-electron chi connectivity index (χ0n) is 14.6. The van der Waals surface area contributed by atoms with Crippen LogP contribution >= 0.6 is 0 Å². The summed E-state index contributed by atoms with van der Waals surface area (Å²) in [6, 6.07) is 0. The molecule has 0 radical (unpaired) electrons. The lowest BCUT2D eigenvalue weighted by atomic mass is 9.99. The second-order valence-corrected chi connectivity index (χ2v) is 6.32. The fourth-order valence-corrected chi connectivity index (χ4v) is 2.47. The quantitative estimate of drug-likeness (QED) is 0.752. The summed E-state index contributed by atoms with van der Waals surface area (Å²) in [5.41, 5.74) is -0.0242. The number of rotatable bonds is 6. The van der Waals surface area contributed by atoms with E-state index < -0.39 is 5.97 Å². The Kier molecular flexibility index (Phi) is 4.97. The maximum absolute atomic E-state index is 12.1. The molecule has 0 aromatic carbocycles. The van der Waals surface area contributed by atoms with Gasteiger partial charge in [-0.3, -0.25) is 0 Å². The second kappa shape index (κ2) is 6.60. The molecule has 2 rings (SSSR count). The molecular weight excluding hydrogens is 298 g/mol. The van der Waals surface area contributed by atoms with Crippen LogP contribution in [0.25, 0.3) is 0 Å². The minimum atomic E-state index is -0.437. The minimum absolute atomic E-state index is 0.0888. The van der Waals surface area contributed by atoms with E-state index in [2.05, 4.69) is 10.1 Å². The fourth-order valence-electron chi connectivity index (χ4n) is 2.47. The van der Waals surface area contributed by atoms with E-state index >= 15 is 0 Å². The van der Waals surface area contributed by atoms with Gasteiger partial charge in [0, 0.05) is 6.92 Å². The molecule has 1 unspecified atom stereocenters. The number of aliphatic imine (C=N–C) groups is 1. The first-order valence-electron chi connectivity index (χ1n) is 7.87. The first kappa shape index (κ1) is 17.3. The third kappa shape index (κ3) is 3.83. The van der Waals surface area contributed by atoms with E-state index in [9.17, 15) is 4.79 Å².